The zero-order valence-corrected chi connectivity index (χ0v) is 8.84. The quantitative estimate of drug-likeness (QED) is 0.367. The molecule has 1 aromatic carbocycles. The molecule has 0 heterocycles. The van der Waals surface area contributed by atoms with Crippen LogP contribution in [0.1, 0.15) is 15.9 Å². The van der Waals surface area contributed by atoms with Gasteiger partial charge in [0, 0.05) is 12.6 Å². The second-order valence-corrected chi connectivity index (χ2v) is 2.97. The molecule has 1 amide bonds. The minimum absolute atomic E-state index is 0.112. The van der Waals surface area contributed by atoms with Crippen LogP contribution in [0.25, 0.3) is 0 Å². The van der Waals surface area contributed by atoms with E-state index in [4.69, 9.17) is 11.5 Å². The lowest BCUT2D eigenvalue weighted by molar-refractivity contribution is 0.0963. The van der Waals surface area contributed by atoms with Crippen molar-refractivity contribution in [3.63, 3.8) is 0 Å². The molecule has 0 bridgehead atoms. The van der Waals surface area contributed by atoms with E-state index in [1.165, 1.54) is 6.21 Å². The number of nitrogens with zero attached hydrogens (tertiary/aromatic N) is 2. The summed E-state index contributed by atoms with van der Waals surface area (Å²) in [5.74, 6) is -0.268. The van der Waals surface area contributed by atoms with Crippen LogP contribution < -0.4 is 16.8 Å². The van der Waals surface area contributed by atoms with Crippen molar-refractivity contribution in [3.8, 4) is 0 Å². The van der Waals surface area contributed by atoms with Crippen LogP contribution in [0.15, 0.2) is 34.5 Å². The first-order valence-electron chi connectivity index (χ1n) is 4.57. The molecule has 84 valence electrons. The van der Waals surface area contributed by atoms with Gasteiger partial charge in [0.25, 0.3) is 5.91 Å². The first-order chi connectivity index (χ1) is 7.63. The molecule has 0 aliphatic rings. The van der Waals surface area contributed by atoms with E-state index in [-0.39, 0.29) is 11.9 Å². The molecule has 5 N–H and O–H groups in total. The van der Waals surface area contributed by atoms with Crippen LogP contribution >= 0.6 is 0 Å². The number of nitrogens with one attached hydrogen (secondary N) is 1. The van der Waals surface area contributed by atoms with Crippen molar-refractivity contribution >= 4 is 18.1 Å². The Morgan fingerprint density at radius 3 is 2.81 bits per heavy atom. The summed E-state index contributed by atoms with van der Waals surface area (Å²) in [5, 5.41) is 9.64. The van der Waals surface area contributed by atoms with E-state index in [1.807, 2.05) is 0 Å². The molecule has 0 aromatic heterocycles. The van der Waals surface area contributed by atoms with Crippen LogP contribution in [0.5, 0.6) is 0 Å². The third-order valence-electron chi connectivity index (χ3n) is 1.76. The van der Waals surface area contributed by atoms with Crippen molar-refractivity contribution in [2.75, 3.05) is 7.05 Å². The minimum Gasteiger partial charge on any atom is -0.369 e. The fraction of sp³-hybridized carbons (Fsp3) is 0.100. The number of guanidine groups is 1. The lowest BCUT2D eigenvalue weighted by atomic mass is 10.1. The van der Waals surface area contributed by atoms with Crippen molar-refractivity contribution in [1.82, 2.24) is 5.32 Å². The molecule has 16 heavy (non-hydrogen) atoms. The van der Waals surface area contributed by atoms with E-state index in [1.54, 1.807) is 31.3 Å². The fourth-order valence-corrected chi connectivity index (χ4v) is 1.07. The molecule has 0 fully saturated rings. The zero-order chi connectivity index (χ0) is 12.0. The molecular weight excluding hydrogens is 206 g/mol. The van der Waals surface area contributed by atoms with E-state index >= 15 is 0 Å². The van der Waals surface area contributed by atoms with Crippen molar-refractivity contribution in [2.45, 2.75) is 0 Å². The summed E-state index contributed by atoms with van der Waals surface area (Å²) in [4.78, 5) is 11.3. The van der Waals surface area contributed by atoms with Crippen LogP contribution in [0.3, 0.4) is 0 Å². The van der Waals surface area contributed by atoms with Gasteiger partial charge in [-0.25, -0.2) is 0 Å². The molecule has 0 saturated carbocycles. The van der Waals surface area contributed by atoms with Crippen LogP contribution in [0.4, 0.5) is 0 Å². The lowest BCUT2D eigenvalue weighted by Crippen LogP contribution is -2.21. The smallest absolute Gasteiger partial charge is 0.251 e. The van der Waals surface area contributed by atoms with Gasteiger partial charge in [0.2, 0.25) is 5.96 Å². The molecule has 0 atom stereocenters. The van der Waals surface area contributed by atoms with Gasteiger partial charge < -0.3 is 16.8 Å². The summed E-state index contributed by atoms with van der Waals surface area (Å²) < 4.78 is 0. The van der Waals surface area contributed by atoms with Crippen molar-refractivity contribution in [3.05, 3.63) is 35.4 Å². The van der Waals surface area contributed by atoms with E-state index in [9.17, 15) is 4.79 Å². The number of rotatable bonds is 3. The van der Waals surface area contributed by atoms with Gasteiger partial charge >= 0.3 is 0 Å². The number of nitrogens with two attached hydrogens (primary N) is 2. The van der Waals surface area contributed by atoms with Gasteiger partial charge in [-0.2, -0.15) is 5.10 Å². The predicted octanol–water partition coefficient (Wildman–Crippen LogP) is -0.346. The van der Waals surface area contributed by atoms with Gasteiger partial charge in [0.05, 0.1) is 6.21 Å². The molecule has 1 rings (SSSR count). The van der Waals surface area contributed by atoms with Crippen LogP contribution in [-0.4, -0.2) is 25.1 Å². The third kappa shape index (κ3) is 3.41. The Labute approximate surface area is 93.0 Å². The number of benzene rings is 1. The SMILES string of the molecule is CNC(=O)c1cccc(C=NN=C(N)N)c1. The van der Waals surface area contributed by atoms with Gasteiger partial charge in [-0.1, -0.05) is 12.1 Å². The van der Waals surface area contributed by atoms with Gasteiger partial charge in [-0.15, -0.1) is 5.10 Å². The van der Waals surface area contributed by atoms with Gasteiger partial charge in [0.15, 0.2) is 0 Å². The highest BCUT2D eigenvalue weighted by Gasteiger charge is 2.01. The molecule has 1 aromatic rings. The number of amides is 1. The maximum absolute atomic E-state index is 11.3. The van der Waals surface area contributed by atoms with Crippen LogP contribution in [0.2, 0.25) is 0 Å². The highest BCUT2D eigenvalue weighted by molar-refractivity contribution is 5.95. The predicted molar refractivity (Wildman–Crippen MR) is 63.2 cm³/mol. The topological polar surface area (TPSA) is 106 Å². The average molecular weight is 219 g/mol. The highest BCUT2D eigenvalue weighted by atomic mass is 16.1. The van der Waals surface area contributed by atoms with Crippen molar-refractivity contribution < 1.29 is 4.79 Å². The van der Waals surface area contributed by atoms with Gasteiger partial charge in [-0.05, 0) is 17.7 Å². The van der Waals surface area contributed by atoms with E-state index < -0.39 is 0 Å². The Kier molecular flexibility index (Phi) is 4.02. The molecule has 0 radical (unpaired) electrons. The maximum atomic E-state index is 11.3. The standard InChI is InChI=1S/C10H13N5O/c1-13-9(16)8-4-2-3-7(5-8)6-14-15-10(11)12/h2-6H,1H3,(H,13,16)(H4,11,12,15). The fourth-order valence-electron chi connectivity index (χ4n) is 1.07. The number of carbonyl (C=O) groups is 1. The first kappa shape index (κ1) is 11.7. The molecule has 0 unspecified atom stereocenters. The zero-order valence-electron chi connectivity index (χ0n) is 8.84. The second-order valence-electron chi connectivity index (χ2n) is 2.97. The summed E-state index contributed by atoms with van der Waals surface area (Å²) >= 11 is 0. The average Bonchev–Trinajstić information content (AvgIpc) is 2.28. The Hall–Kier alpha value is -2.37. The Balaban J connectivity index is 2.87. The number of hydrogen-bond acceptors (Lipinski definition) is 3. The summed E-state index contributed by atoms with van der Waals surface area (Å²) in [6.07, 6.45) is 1.46. The summed E-state index contributed by atoms with van der Waals surface area (Å²) in [5.41, 5.74) is 11.5. The molecule has 0 spiro atoms. The van der Waals surface area contributed by atoms with Crippen LogP contribution in [0, 0.1) is 0 Å². The van der Waals surface area contributed by atoms with Crippen molar-refractivity contribution in [1.29, 1.82) is 0 Å². The molecular formula is C10H13N5O. The number of hydrogen-bond donors (Lipinski definition) is 3. The molecule has 0 aliphatic carbocycles. The Morgan fingerprint density at radius 2 is 2.19 bits per heavy atom. The van der Waals surface area contributed by atoms with Crippen molar-refractivity contribution in [2.24, 2.45) is 21.7 Å². The Bertz CT molecular complexity index is 435. The van der Waals surface area contributed by atoms with Gasteiger partial charge in [0.1, 0.15) is 0 Å². The first-order valence-corrected chi connectivity index (χ1v) is 4.57. The molecule has 6 heteroatoms. The van der Waals surface area contributed by atoms with E-state index in [2.05, 4.69) is 15.5 Å². The van der Waals surface area contributed by atoms with E-state index in [0.717, 1.165) is 5.56 Å². The largest absolute Gasteiger partial charge is 0.369 e. The second kappa shape index (κ2) is 5.50. The summed E-state index contributed by atoms with van der Waals surface area (Å²) in [7, 11) is 1.57. The summed E-state index contributed by atoms with van der Waals surface area (Å²) in [6, 6.07) is 6.93. The normalized spacial score (nSPS) is 10.1. The van der Waals surface area contributed by atoms with Gasteiger partial charge in [-0.3, -0.25) is 4.79 Å². The monoisotopic (exact) mass is 219 g/mol. The third-order valence-corrected chi connectivity index (χ3v) is 1.76. The summed E-state index contributed by atoms with van der Waals surface area (Å²) in [6.45, 7) is 0. The number of carbonyl (C=O) groups excluding carboxylic acids is 1. The molecule has 6 nitrogen and oxygen atoms in total. The highest BCUT2D eigenvalue weighted by Crippen LogP contribution is 2.03. The molecule has 0 saturated heterocycles. The lowest BCUT2D eigenvalue weighted by Gasteiger charge is -1.99. The Morgan fingerprint density at radius 1 is 1.44 bits per heavy atom. The van der Waals surface area contributed by atoms with Crippen LogP contribution in [-0.2, 0) is 0 Å². The molecule has 0 aliphatic heterocycles. The minimum atomic E-state index is -0.155. The van der Waals surface area contributed by atoms with E-state index in [0.29, 0.717) is 5.56 Å². The maximum Gasteiger partial charge on any atom is 0.251 e.